The zero-order valence-electron chi connectivity index (χ0n) is 25.4. The number of ether oxygens (including phenoxy) is 7. The third-order valence-corrected chi connectivity index (χ3v) is 7.29. The average molecular weight is 627 g/mol. The number of benzene rings is 4. The van der Waals surface area contributed by atoms with Crippen LogP contribution in [0.25, 0.3) is 0 Å². The highest BCUT2D eigenvalue weighted by molar-refractivity contribution is 5.91. The van der Waals surface area contributed by atoms with Crippen molar-refractivity contribution in [3.8, 4) is 5.75 Å². The van der Waals surface area contributed by atoms with E-state index in [1.807, 2.05) is 24.3 Å². The van der Waals surface area contributed by atoms with E-state index in [-0.39, 0.29) is 29.9 Å². The van der Waals surface area contributed by atoms with Crippen molar-refractivity contribution in [2.45, 2.75) is 37.3 Å². The van der Waals surface area contributed by atoms with Crippen LogP contribution in [0.5, 0.6) is 5.75 Å². The zero-order chi connectivity index (χ0) is 32.3. The number of methoxy groups -OCH3 is 2. The molecule has 1 aliphatic rings. The summed E-state index contributed by atoms with van der Waals surface area (Å²) in [6.45, 7) is 0.110. The van der Waals surface area contributed by atoms with Crippen LogP contribution in [0.3, 0.4) is 0 Å². The molecule has 0 bridgehead atoms. The van der Waals surface area contributed by atoms with Crippen LogP contribution in [0.1, 0.15) is 36.6 Å². The van der Waals surface area contributed by atoms with Gasteiger partial charge in [-0.15, -0.1) is 0 Å². The summed E-state index contributed by atoms with van der Waals surface area (Å²) in [7, 11) is 2.95. The van der Waals surface area contributed by atoms with Crippen LogP contribution in [0.2, 0.25) is 0 Å². The average Bonchev–Trinajstić information content (AvgIpc) is 3.11. The van der Waals surface area contributed by atoms with Gasteiger partial charge in [0.1, 0.15) is 11.9 Å². The number of rotatable bonds is 12. The Bertz CT molecular complexity index is 1560. The predicted molar refractivity (Wildman–Crippen MR) is 165 cm³/mol. The molecule has 238 valence electrons. The Morgan fingerprint density at radius 2 is 1.04 bits per heavy atom. The van der Waals surface area contributed by atoms with Gasteiger partial charge in [0.15, 0.2) is 24.6 Å². The van der Waals surface area contributed by atoms with E-state index in [2.05, 4.69) is 0 Å². The molecule has 46 heavy (non-hydrogen) atoms. The van der Waals surface area contributed by atoms with Gasteiger partial charge >= 0.3 is 17.9 Å². The summed E-state index contributed by atoms with van der Waals surface area (Å²) in [5, 5.41) is 0. The minimum absolute atomic E-state index is 0.0859. The van der Waals surface area contributed by atoms with Crippen molar-refractivity contribution in [3.05, 3.63) is 138 Å². The van der Waals surface area contributed by atoms with Gasteiger partial charge < -0.3 is 33.2 Å². The van der Waals surface area contributed by atoms with Crippen LogP contribution in [0, 0.1) is 0 Å². The molecule has 5 atom stereocenters. The molecule has 5 rings (SSSR count). The van der Waals surface area contributed by atoms with Crippen molar-refractivity contribution in [3.63, 3.8) is 0 Å². The van der Waals surface area contributed by atoms with Gasteiger partial charge in [0.2, 0.25) is 0 Å². The van der Waals surface area contributed by atoms with Crippen molar-refractivity contribution in [2.24, 2.45) is 0 Å². The highest BCUT2D eigenvalue weighted by Crippen LogP contribution is 2.31. The fraction of sp³-hybridized carbons (Fsp3) is 0.250. The molecule has 0 saturated carbocycles. The number of hydrogen-bond acceptors (Lipinski definition) is 10. The Hall–Kier alpha value is -5.03. The summed E-state index contributed by atoms with van der Waals surface area (Å²) in [4.78, 5) is 40.1. The van der Waals surface area contributed by atoms with Gasteiger partial charge in [-0.05, 0) is 54.1 Å². The van der Waals surface area contributed by atoms with Crippen LogP contribution in [0.4, 0.5) is 0 Å². The summed E-state index contributed by atoms with van der Waals surface area (Å²) >= 11 is 0. The summed E-state index contributed by atoms with van der Waals surface area (Å²) < 4.78 is 40.9. The second kappa shape index (κ2) is 15.8. The van der Waals surface area contributed by atoms with Gasteiger partial charge in [-0.1, -0.05) is 66.7 Å². The van der Waals surface area contributed by atoms with E-state index >= 15 is 0 Å². The molecular weight excluding hydrogens is 592 g/mol. The van der Waals surface area contributed by atoms with Crippen molar-refractivity contribution >= 4 is 17.9 Å². The van der Waals surface area contributed by atoms with E-state index in [4.69, 9.17) is 33.2 Å². The minimum Gasteiger partial charge on any atom is -0.497 e. The topological polar surface area (TPSA) is 116 Å². The molecule has 1 heterocycles. The highest BCUT2D eigenvalue weighted by atomic mass is 16.7. The van der Waals surface area contributed by atoms with Crippen LogP contribution in [-0.4, -0.2) is 69.4 Å². The third-order valence-electron chi connectivity index (χ3n) is 7.29. The van der Waals surface area contributed by atoms with E-state index in [1.54, 1.807) is 98.1 Å². The summed E-state index contributed by atoms with van der Waals surface area (Å²) in [6, 6.07) is 32.3. The molecule has 0 spiro atoms. The quantitative estimate of drug-likeness (QED) is 0.152. The molecule has 4 aromatic rings. The zero-order valence-corrected chi connectivity index (χ0v) is 25.4. The molecule has 0 amide bonds. The fourth-order valence-corrected chi connectivity index (χ4v) is 4.92. The second-order valence-corrected chi connectivity index (χ2v) is 10.3. The molecule has 4 aromatic carbocycles. The van der Waals surface area contributed by atoms with Crippen LogP contribution in [0.15, 0.2) is 115 Å². The van der Waals surface area contributed by atoms with Crippen LogP contribution < -0.4 is 4.74 Å². The normalized spacial score (nSPS) is 20.7. The first-order valence-corrected chi connectivity index (χ1v) is 14.6. The number of hydrogen-bond donors (Lipinski definition) is 0. The van der Waals surface area contributed by atoms with Gasteiger partial charge in [-0.3, -0.25) is 0 Å². The molecular formula is C36H34O10. The lowest BCUT2D eigenvalue weighted by Crippen LogP contribution is -2.62. The molecule has 10 heteroatoms. The third kappa shape index (κ3) is 8.16. The highest BCUT2D eigenvalue weighted by Gasteiger charge is 2.53. The first kappa shape index (κ1) is 32.4. The Morgan fingerprint density at radius 1 is 0.587 bits per heavy atom. The smallest absolute Gasteiger partial charge is 0.338 e. The molecule has 1 saturated heterocycles. The largest absolute Gasteiger partial charge is 0.497 e. The molecule has 1 aliphatic heterocycles. The van der Waals surface area contributed by atoms with E-state index < -0.39 is 48.6 Å². The Kier molecular flexibility index (Phi) is 11.1. The minimum atomic E-state index is -1.35. The van der Waals surface area contributed by atoms with Crippen molar-refractivity contribution in [1.29, 1.82) is 0 Å². The fourth-order valence-electron chi connectivity index (χ4n) is 4.92. The molecule has 0 N–H and O–H groups in total. The first-order valence-electron chi connectivity index (χ1n) is 14.6. The lowest BCUT2D eigenvalue weighted by atomic mass is 9.97. The molecule has 1 fully saturated rings. The summed E-state index contributed by atoms with van der Waals surface area (Å²) in [5.41, 5.74) is 1.63. The standard InChI is InChI=1S/C36H34O10/c1-40-28-20-18-24(19-21-28)22-42-23-29-30(44-33(37)25-12-6-3-7-13-25)31(45-34(38)26-14-8-4-9-15-26)32(36(41-2)43-29)46-35(39)27-16-10-5-11-17-27/h3-21,29-32,36H,22-23H2,1-2H3/t29-,30-,31+,32-,36+/m1/s1. The lowest BCUT2D eigenvalue weighted by molar-refractivity contribution is -0.294. The van der Waals surface area contributed by atoms with Crippen molar-refractivity contribution in [1.82, 2.24) is 0 Å². The monoisotopic (exact) mass is 626 g/mol. The maximum absolute atomic E-state index is 13.4. The molecule has 0 aliphatic carbocycles. The van der Waals surface area contributed by atoms with Crippen molar-refractivity contribution in [2.75, 3.05) is 20.8 Å². The maximum atomic E-state index is 13.4. The Labute approximate surface area is 266 Å². The molecule has 10 nitrogen and oxygen atoms in total. The van der Waals surface area contributed by atoms with Gasteiger partial charge in [0.25, 0.3) is 0 Å². The molecule has 0 aromatic heterocycles. The predicted octanol–water partition coefficient (Wildman–Crippen LogP) is 5.26. The van der Waals surface area contributed by atoms with Crippen LogP contribution in [-0.2, 0) is 35.0 Å². The number of carbonyl (C=O) groups is 3. The number of carbonyl (C=O) groups excluding carboxylic acids is 3. The number of esters is 3. The van der Waals surface area contributed by atoms with Crippen molar-refractivity contribution < 1.29 is 47.5 Å². The summed E-state index contributed by atoms with van der Waals surface area (Å²) in [6.07, 6.45) is -6.13. The van der Waals surface area contributed by atoms with Gasteiger partial charge in [-0.2, -0.15) is 0 Å². The second-order valence-electron chi connectivity index (χ2n) is 10.3. The molecule has 0 radical (unpaired) electrons. The Balaban J connectivity index is 1.46. The lowest BCUT2D eigenvalue weighted by Gasteiger charge is -2.44. The SMILES string of the molecule is COc1ccc(COC[C@H]2O[C@H](OC)[C@H](OC(=O)c3ccccc3)[C@@H](OC(=O)c3ccccc3)[C@@H]2OC(=O)c2ccccc2)cc1. The van der Waals surface area contributed by atoms with Gasteiger partial charge in [0, 0.05) is 7.11 Å². The van der Waals surface area contributed by atoms with E-state index in [9.17, 15) is 14.4 Å². The molecule has 0 unspecified atom stereocenters. The Morgan fingerprint density at radius 3 is 1.50 bits per heavy atom. The van der Waals surface area contributed by atoms with E-state index in [1.165, 1.54) is 7.11 Å². The van der Waals surface area contributed by atoms with Gasteiger partial charge in [-0.25, -0.2) is 14.4 Å². The first-order chi connectivity index (χ1) is 22.5. The van der Waals surface area contributed by atoms with Gasteiger partial charge in [0.05, 0.1) is 37.0 Å². The summed E-state index contributed by atoms with van der Waals surface area (Å²) in [5.74, 6) is -1.42. The van der Waals surface area contributed by atoms with Crippen LogP contribution >= 0.6 is 0 Å². The maximum Gasteiger partial charge on any atom is 0.338 e. The van der Waals surface area contributed by atoms with E-state index in [0.29, 0.717) is 5.75 Å². The van der Waals surface area contributed by atoms with E-state index in [0.717, 1.165) is 5.56 Å².